The molecule has 31 heavy (non-hydrogen) atoms. The van der Waals surface area contributed by atoms with E-state index in [1.54, 1.807) is 49.4 Å². The van der Waals surface area contributed by atoms with Gasteiger partial charge < -0.3 is 14.2 Å². The van der Waals surface area contributed by atoms with Crippen molar-refractivity contribution in [3.05, 3.63) is 58.1 Å². The Morgan fingerprint density at radius 3 is 2.29 bits per heavy atom. The maximum Gasteiger partial charge on any atom is 0.338 e. The monoisotopic (exact) mass is 492 g/mol. The molecular formula is C22H25BrN2O6. The number of carbonyl (C=O) groups is 3. The summed E-state index contributed by atoms with van der Waals surface area (Å²) in [5, 5.41) is 0. The first-order valence-electron chi connectivity index (χ1n) is 9.86. The van der Waals surface area contributed by atoms with E-state index in [-0.39, 0.29) is 13.2 Å². The fraction of sp³-hybridized carbons (Fsp3) is 0.318. The van der Waals surface area contributed by atoms with Crippen molar-refractivity contribution in [2.45, 2.75) is 26.7 Å². The van der Waals surface area contributed by atoms with E-state index >= 15 is 0 Å². The van der Waals surface area contributed by atoms with Crippen molar-refractivity contribution in [2.24, 2.45) is 0 Å². The number of benzene rings is 2. The minimum atomic E-state index is -0.540. The number of hydrogen-bond acceptors (Lipinski definition) is 6. The summed E-state index contributed by atoms with van der Waals surface area (Å²) in [4.78, 5) is 35.8. The van der Waals surface area contributed by atoms with Crippen LogP contribution in [0.5, 0.6) is 11.5 Å². The van der Waals surface area contributed by atoms with Gasteiger partial charge in [0.1, 0.15) is 11.5 Å². The maximum absolute atomic E-state index is 12.2. The molecule has 0 heterocycles. The van der Waals surface area contributed by atoms with Gasteiger partial charge >= 0.3 is 5.97 Å². The first-order valence-corrected chi connectivity index (χ1v) is 10.6. The standard InChI is InChI=1S/C22H25BrN2O6/c1-3-5-12-30-19-11-8-16(13-18(19)23)21(27)25-24-20(26)14-31-17-9-6-15(7-10-17)22(28)29-4-2/h6-11,13H,3-5,12,14H2,1-2H3,(H,24,26)(H,25,27). The Kier molecular flexibility index (Phi) is 9.83. The summed E-state index contributed by atoms with van der Waals surface area (Å²) in [5.41, 5.74) is 5.36. The van der Waals surface area contributed by atoms with E-state index < -0.39 is 17.8 Å². The average Bonchev–Trinajstić information content (AvgIpc) is 2.77. The SMILES string of the molecule is CCCCOc1ccc(C(=O)NNC(=O)COc2ccc(C(=O)OCC)cc2)cc1Br. The molecule has 166 valence electrons. The van der Waals surface area contributed by atoms with Crippen LogP contribution in [-0.4, -0.2) is 37.6 Å². The van der Waals surface area contributed by atoms with Gasteiger partial charge in [0, 0.05) is 5.56 Å². The lowest BCUT2D eigenvalue weighted by Crippen LogP contribution is -2.43. The van der Waals surface area contributed by atoms with Crippen LogP contribution in [-0.2, 0) is 9.53 Å². The highest BCUT2D eigenvalue weighted by Gasteiger charge is 2.11. The number of hydrogen-bond donors (Lipinski definition) is 2. The second-order valence-electron chi connectivity index (χ2n) is 6.38. The molecule has 0 spiro atoms. The molecule has 9 heteroatoms. The van der Waals surface area contributed by atoms with Crippen molar-refractivity contribution in [3.63, 3.8) is 0 Å². The third-order valence-corrected chi connectivity index (χ3v) is 4.62. The minimum absolute atomic E-state index is 0.289. The molecular weight excluding hydrogens is 468 g/mol. The molecule has 2 N–H and O–H groups in total. The van der Waals surface area contributed by atoms with Gasteiger partial charge in [0.25, 0.3) is 11.8 Å². The fourth-order valence-corrected chi connectivity index (χ4v) is 2.86. The molecule has 0 fully saturated rings. The van der Waals surface area contributed by atoms with Crippen LogP contribution in [0.25, 0.3) is 0 Å². The number of hydrazine groups is 1. The molecule has 0 saturated heterocycles. The summed E-state index contributed by atoms with van der Waals surface area (Å²) in [6, 6.07) is 11.1. The molecule has 0 unspecified atom stereocenters. The molecule has 2 aromatic carbocycles. The topological polar surface area (TPSA) is 103 Å². The Balaban J connectivity index is 1.78. The fourth-order valence-electron chi connectivity index (χ4n) is 2.37. The van der Waals surface area contributed by atoms with Gasteiger partial charge in [-0.2, -0.15) is 0 Å². The summed E-state index contributed by atoms with van der Waals surface area (Å²) in [7, 11) is 0. The van der Waals surface area contributed by atoms with Crippen LogP contribution in [0.1, 0.15) is 47.4 Å². The van der Waals surface area contributed by atoms with Gasteiger partial charge in [0.15, 0.2) is 6.61 Å². The number of amides is 2. The van der Waals surface area contributed by atoms with Crippen molar-refractivity contribution in [2.75, 3.05) is 19.8 Å². The minimum Gasteiger partial charge on any atom is -0.492 e. The molecule has 0 aliphatic rings. The van der Waals surface area contributed by atoms with Gasteiger partial charge in [0.05, 0.1) is 23.2 Å². The van der Waals surface area contributed by atoms with Crippen LogP contribution in [0.15, 0.2) is 46.9 Å². The largest absolute Gasteiger partial charge is 0.492 e. The molecule has 0 saturated carbocycles. The molecule has 0 bridgehead atoms. The quantitative estimate of drug-likeness (QED) is 0.298. The molecule has 0 radical (unpaired) electrons. The molecule has 0 aliphatic carbocycles. The molecule has 8 nitrogen and oxygen atoms in total. The van der Waals surface area contributed by atoms with Crippen LogP contribution in [0.3, 0.4) is 0 Å². The van der Waals surface area contributed by atoms with E-state index in [9.17, 15) is 14.4 Å². The predicted octanol–water partition coefficient (Wildman–Crippen LogP) is 3.64. The first kappa shape index (κ1) is 24.2. The van der Waals surface area contributed by atoms with Crippen LogP contribution in [0.4, 0.5) is 0 Å². The predicted molar refractivity (Wildman–Crippen MR) is 118 cm³/mol. The van der Waals surface area contributed by atoms with Crippen molar-refractivity contribution in [1.82, 2.24) is 10.9 Å². The molecule has 2 rings (SSSR count). The summed E-state index contributed by atoms with van der Waals surface area (Å²) >= 11 is 3.38. The van der Waals surface area contributed by atoms with Gasteiger partial charge in [-0.25, -0.2) is 4.79 Å². The second-order valence-corrected chi connectivity index (χ2v) is 7.24. The van der Waals surface area contributed by atoms with Crippen LogP contribution < -0.4 is 20.3 Å². The Bertz CT molecular complexity index is 901. The molecule has 2 amide bonds. The number of ether oxygens (including phenoxy) is 3. The van der Waals surface area contributed by atoms with E-state index in [4.69, 9.17) is 14.2 Å². The van der Waals surface area contributed by atoms with E-state index in [0.29, 0.717) is 33.7 Å². The normalized spacial score (nSPS) is 10.2. The Morgan fingerprint density at radius 1 is 0.935 bits per heavy atom. The van der Waals surface area contributed by atoms with E-state index in [1.165, 1.54) is 0 Å². The summed E-state index contributed by atoms with van der Waals surface area (Å²) in [5.74, 6) is -0.399. The third kappa shape index (κ3) is 7.93. The van der Waals surface area contributed by atoms with Gasteiger partial charge in [-0.05, 0) is 71.7 Å². The zero-order valence-corrected chi connectivity index (χ0v) is 19.0. The first-order chi connectivity index (χ1) is 14.9. The summed E-state index contributed by atoms with van der Waals surface area (Å²) < 4.78 is 16.5. The highest BCUT2D eigenvalue weighted by atomic mass is 79.9. The third-order valence-electron chi connectivity index (χ3n) is 4.00. The van der Waals surface area contributed by atoms with Crippen molar-refractivity contribution in [1.29, 1.82) is 0 Å². The van der Waals surface area contributed by atoms with Gasteiger partial charge in [-0.1, -0.05) is 13.3 Å². The Labute approximate surface area is 189 Å². The Hall–Kier alpha value is -3.07. The van der Waals surface area contributed by atoms with E-state index in [0.717, 1.165) is 12.8 Å². The highest BCUT2D eigenvalue weighted by Crippen LogP contribution is 2.26. The number of nitrogens with one attached hydrogen (secondary N) is 2. The Morgan fingerprint density at radius 2 is 1.65 bits per heavy atom. The zero-order valence-electron chi connectivity index (χ0n) is 17.4. The highest BCUT2D eigenvalue weighted by molar-refractivity contribution is 9.10. The van der Waals surface area contributed by atoms with Crippen LogP contribution >= 0.6 is 15.9 Å². The lowest BCUT2D eigenvalue weighted by Gasteiger charge is -2.11. The lowest BCUT2D eigenvalue weighted by molar-refractivity contribution is -0.123. The number of rotatable bonds is 10. The number of esters is 1. The van der Waals surface area contributed by atoms with Crippen molar-refractivity contribution >= 4 is 33.7 Å². The van der Waals surface area contributed by atoms with Gasteiger partial charge in [-0.15, -0.1) is 0 Å². The summed E-state index contributed by atoms with van der Waals surface area (Å²) in [6.07, 6.45) is 1.97. The van der Waals surface area contributed by atoms with E-state index in [1.807, 2.05) is 0 Å². The smallest absolute Gasteiger partial charge is 0.338 e. The second kappa shape index (κ2) is 12.6. The summed E-state index contributed by atoms with van der Waals surface area (Å²) in [6.45, 7) is 4.38. The average molecular weight is 493 g/mol. The number of halogens is 1. The van der Waals surface area contributed by atoms with Crippen molar-refractivity contribution < 1.29 is 28.6 Å². The number of carbonyl (C=O) groups excluding carboxylic acids is 3. The molecule has 0 aromatic heterocycles. The van der Waals surface area contributed by atoms with Crippen LogP contribution in [0.2, 0.25) is 0 Å². The lowest BCUT2D eigenvalue weighted by atomic mass is 10.2. The number of unbranched alkanes of at least 4 members (excludes halogenated alkanes) is 1. The van der Waals surface area contributed by atoms with Crippen molar-refractivity contribution in [3.8, 4) is 11.5 Å². The van der Waals surface area contributed by atoms with Gasteiger partial charge in [0.2, 0.25) is 0 Å². The zero-order chi connectivity index (χ0) is 22.6. The molecule has 2 aromatic rings. The molecule has 0 aliphatic heterocycles. The van der Waals surface area contributed by atoms with Crippen LogP contribution in [0, 0.1) is 0 Å². The van der Waals surface area contributed by atoms with Gasteiger partial charge in [-0.3, -0.25) is 20.4 Å². The van der Waals surface area contributed by atoms with E-state index in [2.05, 4.69) is 33.7 Å². The maximum atomic E-state index is 12.2. The molecule has 0 atom stereocenters.